The second kappa shape index (κ2) is 11.1. The van der Waals surface area contributed by atoms with Crippen molar-refractivity contribution in [1.82, 2.24) is 0 Å². The maximum Gasteiger partial charge on any atom is 0.135 e. The minimum absolute atomic E-state index is 0.881. The number of furan rings is 1. The fraction of sp³-hybridized carbons (Fsp3) is 0. The highest BCUT2D eigenvalue weighted by atomic mass is 16.3. The molecule has 0 unspecified atom stereocenters. The van der Waals surface area contributed by atoms with Gasteiger partial charge in [0.05, 0.1) is 0 Å². The van der Waals surface area contributed by atoms with E-state index in [1.54, 1.807) is 0 Å². The molecular formula is C42H29NO. The maximum atomic E-state index is 6.15. The first-order chi connectivity index (χ1) is 21.8. The highest BCUT2D eigenvalue weighted by Gasteiger charge is 2.14. The van der Waals surface area contributed by atoms with Gasteiger partial charge in [-0.2, -0.15) is 0 Å². The van der Waals surface area contributed by atoms with E-state index in [0.29, 0.717) is 0 Å². The van der Waals surface area contributed by atoms with Crippen LogP contribution in [0.15, 0.2) is 180 Å². The number of benzene rings is 7. The molecule has 0 atom stereocenters. The molecule has 2 heteroatoms. The number of hydrogen-bond donors (Lipinski definition) is 0. The normalized spacial score (nSPS) is 11.2. The molecule has 0 aliphatic rings. The molecule has 0 N–H and O–H groups in total. The Morgan fingerprint density at radius 1 is 0.318 bits per heavy atom. The fourth-order valence-electron chi connectivity index (χ4n) is 6.00. The summed E-state index contributed by atoms with van der Waals surface area (Å²) < 4.78 is 6.15. The molecule has 2 nitrogen and oxygen atoms in total. The van der Waals surface area contributed by atoms with Crippen molar-refractivity contribution in [2.24, 2.45) is 0 Å². The summed E-state index contributed by atoms with van der Waals surface area (Å²) in [7, 11) is 0. The van der Waals surface area contributed by atoms with Gasteiger partial charge in [-0.3, -0.25) is 0 Å². The molecular weight excluding hydrogens is 534 g/mol. The Balaban J connectivity index is 1.15. The van der Waals surface area contributed by atoms with Crippen LogP contribution in [-0.2, 0) is 0 Å². The monoisotopic (exact) mass is 563 g/mol. The Morgan fingerprint density at radius 3 is 1.73 bits per heavy atom. The van der Waals surface area contributed by atoms with Gasteiger partial charge in [-0.15, -0.1) is 0 Å². The van der Waals surface area contributed by atoms with Crippen LogP contribution in [0.2, 0.25) is 0 Å². The molecule has 0 radical (unpaired) electrons. The number of anilines is 3. The summed E-state index contributed by atoms with van der Waals surface area (Å²) in [4.78, 5) is 2.32. The highest BCUT2D eigenvalue weighted by molar-refractivity contribution is 5.89. The van der Waals surface area contributed by atoms with Crippen LogP contribution >= 0.6 is 0 Å². The summed E-state index contributed by atoms with van der Waals surface area (Å²) in [5.41, 5.74) is 10.0. The van der Waals surface area contributed by atoms with Crippen LogP contribution in [0.25, 0.3) is 55.3 Å². The van der Waals surface area contributed by atoms with E-state index in [0.717, 1.165) is 50.5 Å². The van der Waals surface area contributed by atoms with Crippen LogP contribution < -0.4 is 4.90 Å². The highest BCUT2D eigenvalue weighted by Crippen LogP contribution is 2.38. The lowest BCUT2D eigenvalue weighted by molar-refractivity contribution is 0.631. The largest absolute Gasteiger partial charge is 0.456 e. The van der Waals surface area contributed by atoms with Crippen molar-refractivity contribution in [3.63, 3.8) is 0 Å². The van der Waals surface area contributed by atoms with Crippen LogP contribution in [0.3, 0.4) is 0 Å². The van der Waals surface area contributed by atoms with Gasteiger partial charge in [0.15, 0.2) is 0 Å². The predicted molar refractivity (Wildman–Crippen MR) is 185 cm³/mol. The minimum atomic E-state index is 0.881. The second-order valence-electron chi connectivity index (χ2n) is 11.1. The van der Waals surface area contributed by atoms with Crippen LogP contribution in [0, 0.1) is 0 Å². The van der Waals surface area contributed by atoms with Crippen LogP contribution in [0.1, 0.15) is 0 Å². The molecule has 1 aromatic heterocycles. The first-order valence-electron chi connectivity index (χ1n) is 14.9. The third-order valence-corrected chi connectivity index (χ3v) is 8.23. The summed E-state index contributed by atoms with van der Waals surface area (Å²) in [6.45, 7) is 0. The Morgan fingerprint density at radius 2 is 0.909 bits per heavy atom. The molecule has 0 fully saturated rings. The van der Waals surface area contributed by atoms with E-state index in [-0.39, 0.29) is 0 Å². The van der Waals surface area contributed by atoms with E-state index in [2.05, 4.69) is 163 Å². The zero-order valence-corrected chi connectivity index (χ0v) is 24.1. The molecule has 1 heterocycles. The van der Waals surface area contributed by atoms with Crippen molar-refractivity contribution < 1.29 is 4.42 Å². The molecule has 44 heavy (non-hydrogen) atoms. The molecule has 0 aliphatic heterocycles. The first kappa shape index (κ1) is 25.8. The predicted octanol–water partition coefficient (Wildman–Crippen LogP) is 12.1. The summed E-state index contributed by atoms with van der Waals surface area (Å²) in [5.74, 6) is 0.881. The van der Waals surface area contributed by atoms with Crippen molar-refractivity contribution in [3.05, 3.63) is 176 Å². The van der Waals surface area contributed by atoms with Gasteiger partial charge < -0.3 is 9.32 Å². The molecule has 0 aliphatic carbocycles. The van der Waals surface area contributed by atoms with E-state index >= 15 is 0 Å². The Hall–Kier alpha value is -5.86. The zero-order valence-electron chi connectivity index (χ0n) is 24.1. The van der Waals surface area contributed by atoms with Crippen LogP contribution in [-0.4, -0.2) is 0 Å². The van der Waals surface area contributed by atoms with Crippen molar-refractivity contribution >= 4 is 38.8 Å². The van der Waals surface area contributed by atoms with Crippen LogP contribution in [0.5, 0.6) is 0 Å². The Labute approximate surface area is 257 Å². The molecule has 0 amide bonds. The van der Waals surface area contributed by atoms with Gasteiger partial charge in [0.1, 0.15) is 11.3 Å². The molecule has 8 aromatic rings. The molecule has 8 rings (SSSR count). The van der Waals surface area contributed by atoms with Gasteiger partial charge >= 0.3 is 0 Å². The first-order valence-corrected chi connectivity index (χ1v) is 14.9. The number of hydrogen-bond acceptors (Lipinski definition) is 2. The molecule has 0 saturated carbocycles. The Bertz CT molecular complexity index is 2190. The summed E-state index contributed by atoms with van der Waals surface area (Å²) in [6, 6.07) is 62.2. The number of nitrogens with zero attached hydrogens (tertiary/aromatic N) is 1. The quantitative estimate of drug-likeness (QED) is 0.200. The Kier molecular flexibility index (Phi) is 6.51. The molecule has 7 aromatic carbocycles. The molecule has 0 spiro atoms. The zero-order chi connectivity index (χ0) is 29.3. The van der Waals surface area contributed by atoms with Crippen molar-refractivity contribution in [2.75, 3.05) is 4.90 Å². The van der Waals surface area contributed by atoms with E-state index in [1.165, 1.54) is 21.9 Å². The number of para-hydroxylation sites is 2. The fourth-order valence-corrected chi connectivity index (χ4v) is 6.00. The number of rotatable bonds is 6. The lowest BCUT2D eigenvalue weighted by Gasteiger charge is -2.26. The molecule has 0 bridgehead atoms. The average molecular weight is 564 g/mol. The van der Waals surface area contributed by atoms with Crippen molar-refractivity contribution in [3.8, 4) is 33.6 Å². The van der Waals surface area contributed by atoms with E-state index < -0.39 is 0 Å². The van der Waals surface area contributed by atoms with Crippen molar-refractivity contribution in [2.45, 2.75) is 0 Å². The van der Waals surface area contributed by atoms with Crippen molar-refractivity contribution in [1.29, 1.82) is 0 Å². The van der Waals surface area contributed by atoms with Gasteiger partial charge in [-0.05, 0) is 93.7 Å². The maximum absolute atomic E-state index is 6.15. The third-order valence-electron chi connectivity index (χ3n) is 8.23. The smallest absolute Gasteiger partial charge is 0.135 e. The minimum Gasteiger partial charge on any atom is -0.456 e. The average Bonchev–Trinajstić information content (AvgIpc) is 3.54. The summed E-state index contributed by atoms with van der Waals surface area (Å²) in [6.07, 6.45) is 0. The summed E-state index contributed by atoms with van der Waals surface area (Å²) in [5, 5.41) is 3.61. The van der Waals surface area contributed by atoms with Gasteiger partial charge in [0.2, 0.25) is 0 Å². The second-order valence-corrected chi connectivity index (χ2v) is 11.1. The number of fused-ring (bicyclic) bond motifs is 2. The summed E-state index contributed by atoms with van der Waals surface area (Å²) >= 11 is 0. The SMILES string of the molecule is c1ccc(N(c2ccc(-c3cccc(-c4cc5ccccc5o4)c3)cc2)c2cccc(-c3ccc4ccccc4c3)c2)cc1. The van der Waals surface area contributed by atoms with Gasteiger partial charge in [0, 0.05) is 28.0 Å². The van der Waals surface area contributed by atoms with Gasteiger partial charge in [0.25, 0.3) is 0 Å². The van der Waals surface area contributed by atoms with Gasteiger partial charge in [-0.25, -0.2) is 0 Å². The van der Waals surface area contributed by atoms with Gasteiger partial charge in [-0.1, -0.05) is 115 Å². The third kappa shape index (κ3) is 4.93. The van der Waals surface area contributed by atoms with E-state index in [4.69, 9.17) is 4.42 Å². The molecule has 0 saturated heterocycles. The molecule has 208 valence electrons. The van der Waals surface area contributed by atoms with Crippen LogP contribution in [0.4, 0.5) is 17.1 Å². The topological polar surface area (TPSA) is 16.4 Å². The standard InChI is InChI=1S/C42H29NO/c1-2-16-38(17-3-1)43(40-18-9-14-34(28-40)35-21-20-30-10-4-5-11-32(30)26-35)39-24-22-31(23-25-39)33-13-8-15-36(27-33)42-29-37-12-6-7-19-41(37)44-42/h1-29H. The lowest BCUT2D eigenvalue weighted by atomic mass is 10.00. The lowest BCUT2D eigenvalue weighted by Crippen LogP contribution is -2.09. The van der Waals surface area contributed by atoms with E-state index in [9.17, 15) is 0 Å². The van der Waals surface area contributed by atoms with E-state index in [1.807, 2.05) is 18.2 Å².